The highest BCUT2D eigenvalue weighted by molar-refractivity contribution is 7.18. The third kappa shape index (κ3) is 2.47. The van der Waals surface area contributed by atoms with Gasteiger partial charge < -0.3 is 5.32 Å². The van der Waals surface area contributed by atoms with Crippen LogP contribution in [0.1, 0.15) is 13.3 Å². The Morgan fingerprint density at radius 2 is 2.27 bits per heavy atom. The summed E-state index contributed by atoms with van der Waals surface area (Å²) in [5.74, 6) is 0. The Hall–Kier alpha value is -1.56. The van der Waals surface area contributed by atoms with E-state index in [1.165, 1.54) is 11.3 Å². The van der Waals surface area contributed by atoms with Crippen LogP contribution in [0.25, 0.3) is 10.7 Å². The Bertz CT molecular complexity index is 413. The van der Waals surface area contributed by atoms with Gasteiger partial charge in [0.1, 0.15) is 5.69 Å². The van der Waals surface area contributed by atoms with Gasteiger partial charge in [-0.05, 0) is 6.42 Å². The molecule has 0 atom stereocenters. The first-order chi connectivity index (χ1) is 7.40. The van der Waals surface area contributed by atoms with Crippen molar-refractivity contribution in [1.29, 1.82) is 0 Å². The molecular formula is C9H11N5S. The van der Waals surface area contributed by atoms with Crippen molar-refractivity contribution >= 4 is 16.5 Å². The summed E-state index contributed by atoms with van der Waals surface area (Å²) in [6, 6.07) is 0. The van der Waals surface area contributed by atoms with Crippen molar-refractivity contribution in [2.75, 3.05) is 11.9 Å². The Morgan fingerprint density at radius 3 is 3.00 bits per heavy atom. The number of nitrogens with one attached hydrogen (secondary N) is 1. The highest BCUT2D eigenvalue weighted by atomic mass is 32.1. The summed E-state index contributed by atoms with van der Waals surface area (Å²) in [4.78, 5) is 8.15. The van der Waals surface area contributed by atoms with E-state index in [1.807, 2.05) is 0 Å². The molecule has 2 rings (SSSR count). The van der Waals surface area contributed by atoms with Crippen LogP contribution in [0.5, 0.6) is 0 Å². The molecule has 15 heavy (non-hydrogen) atoms. The van der Waals surface area contributed by atoms with E-state index in [1.54, 1.807) is 18.6 Å². The largest absolute Gasteiger partial charge is 0.360 e. The van der Waals surface area contributed by atoms with Crippen molar-refractivity contribution in [3.63, 3.8) is 0 Å². The van der Waals surface area contributed by atoms with Crippen molar-refractivity contribution < 1.29 is 0 Å². The van der Waals surface area contributed by atoms with Crippen LogP contribution in [-0.2, 0) is 0 Å². The molecule has 0 amide bonds. The van der Waals surface area contributed by atoms with Gasteiger partial charge in [-0.1, -0.05) is 18.3 Å². The van der Waals surface area contributed by atoms with Crippen molar-refractivity contribution in [2.45, 2.75) is 13.3 Å². The fourth-order valence-corrected chi connectivity index (χ4v) is 1.77. The fourth-order valence-electron chi connectivity index (χ4n) is 1.04. The summed E-state index contributed by atoms with van der Waals surface area (Å²) in [5.41, 5.74) is 0.763. The van der Waals surface area contributed by atoms with Gasteiger partial charge in [-0.15, -0.1) is 10.2 Å². The summed E-state index contributed by atoms with van der Waals surface area (Å²) in [7, 11) is 0. The van der Waals surface area contributed by atoms with Crippen LogP contribution in [0, 0.1) is 0 Å². The zero-order valence-corrected chi connectivity index (χ0v) is 9.16. The Labute approximate surface area is 91.6 Å². The standard InChI is InChI=1S/C9H11N5S/c1-2-3-12-9-14-13-8(15-9)7-6-10-4-5-11-7/h4-6H,2-3H2,1H3,(H,12,14). The molecule has 0 bridgehead atoms. The minimum atomic E-state index is 0.763. The minimum Gasteiger partial charge on any atom is -0.360 e. The second-order valence-electron chi connectivity index (χ2n) is 2.93. The number of hydrogen-bond donors (Lipinski definition) is 1. The van der Waals surface area contributed by atoms with Gasteiger partial charge in [0.05, 0.1) is 6.20 Å². The third-order valence-corrected chi connectivity index (χ3v) is 2.64. The maximum absolute atomic E-state index is 4.16. The number of nitrogens with zero attached hydrogens (tertiary/aromatic N) is 4. The molecule has 0 aliphatic heterocycles. The molecule has 0 fully saturated rings. The molecule has 0 spiro atoms. The first kappa shape index (κ1) is 9.97. The topological polar surface area (TPSA) is 63.6 Å². The first-order valence-corrected chi connectivity index (χ1v) is 5.55. The maximum atomic E-state index is 4.16. The molecule has 0 unspecified atom stereocenters. The van der Waals surface area contributed by atoms with Crippen LogP contribution in [0.3, 0.4) is 0 Å². The van der Waals surface area contributed by atoms with Gasteiger partial charge in [0.15, 0.2) is 5.01 Å². The second-order valence-corrected chi connectivity index (χ2v) is 3.91. The van der Waals surface area contributed by atoms with Gasteiger partial charge in [-0.25, -0.2) is 0 Å². The lowest BCUT2D eigenvalue weighted by Crippen LogP contribution is -1.98. The molecule has 0 aromatic carbocycles. The second kappa shape index (κ2) is 4.79. The molecular weight excluding hydrogens is 210 g/mol. The molecule has 5 nitrogen and oxygen atoms in total. The van der Waals surface area contributed by atoms with E-state index in [4.69, 9.17) is 0 Å². The van der Waals surface area contributed by atoms with Crippen LogP contribution < -0.4 is 5.32 Å². The number of aromatic nitrogens is 4. The van der Waals surface area contributed by atoms with E-state index in [0.717, 1.165) is 28.8 Å². The average Bonchev–Trinajstić information content (AvgIpc) is 2.76. The lowest BCUT2D eigenvalue weighted by Gasteiger charge is -1.95. The molecule has 1 N–H and O–H groups in total. The average molecular weight is 221 g/mol. The summed E-state index contributed by atoms with van der Waals surface area (Å²) in [6.45, 7) is 3.02. The van der Waals surface area contributed by atoms with Crippen molar-refractivity contribution in [2.24, 2.45) is 0 Å². The number of anilines is 1. The van der Waals surface area contributed by atoms with Crippen LogP contribution in [0.15, 0.2) is 18.6 Å². The Kier molecular flexibility index (Phi) is 3.18. The van der Waals surface area contributed by atoms with Crippen molar-refractivity contribution in [3.05, 3.63) is 18.6 Å². The maximum Gasteiger partial charge on any atom is 0.206 e. The monoisotopic (exact) mass is 221 g/mol. The summed E-state index contributed by atoms with van der Waals surface area (Å²) >= 11 is 1.49. The van der Waals surface area contributed by atoms with Crippen LogP contribution in [0.2, 0.25) is 0 Å². The van der Waals surface area contributed by atoms with Crippen LogP contribution >= 0.6 is 11.3 Å². The van der Waals surface area contributed by atoms with Crippen LogP contribution in [0.4, 0.5) is 5.13 Å². The molecule has 0 radical (unpaired) electrons. The lowest BCUT2D eigenvalue weighted by atomic mass is 10.5. The van der Waals surface area contributed by atoms with Crippen molar-refractivity contribution in [3.8, 4) is 10.7 Å². The minimum absolute atomic E-state index is 0.763. The predicted molar refractivity (Wildman–Crippen MR) is 59.7 cm³/mol. The zero-order chi connectivity index (χ0) is 10.5. The molecule has 2 aromatic heterocycles. The summed E-state index contributed by atoms with van der Waals surface area (Å²) in [5, 5.41) is 12.9. The van der Waals surface area contributed by atoms with E-state index in [0.29, 0.717) is 0 Å². The molecule has 0 saturated carbocycles. The van der Waals surface area contributed by atoms with Gasteiger partial charge in [-0.2, -0.15) is 0 Å². The fraction of sp³-hybridized carbons (Fsp3) is 0.333. The van der Waals surface area contributed by atoms with Gasteiger partial charge >= 0.3 is 0 Å². The molecule has 0 aliphatic rings. The number of rotatable bonds is 4. The van der Waals surface area contributed by atoms with Crippen molar-refractivity contribution in [1.82, 2.24) is 20.2 Å². The van der Waals surface area contributed by atoms with E-state index in [9.17, 15) is 0 Å². The summed E-state index contributed by atoms with van der Waals surface area (Å²) < 4.78 is 0. The highest BCUT2D eigenvalue weighted by Gasteiger charge is 2.06. The highest BCUT2D eigenvalue weighted by Crippen LogP contribution is 2.23. The third-order valence-electron chi connectivity index (χ3n) is 1.73. The molecule has 0 aliphatic carbocycles. The molecule has 2 heterocycles. The van der Waals surface area contributed by atoms with E-state index >= 15 is 0 Å². The van der Waals surface area contributed by atoms with E-state index < -0.39 is 0 Å². The predicted octanol–water partition coefficient (Wildman–Crippen LogP) is 1.82. The molecule has 6 heteroatoms. The molecule has 0 saturated heterocycles. The SMILES string of the molecule is CCCNc1nnc(-c2cnccn2)s1. The smallest absolute Gasteiger partial charge is 0.206 e. The zero-order valence-electron chi connectivity index (χ0n) is 8.34. The van der Waals surface area contributed by atoms with E-state index in [2.05, 4.69) is 32.4 Å². The first-order valence-electron chi connectivity index (χ1n) is 4.74. The molecule has 78 valence electrons. The summed E-state index contributed by atoms with van der Waals surface area (Å²) in [6.07, 6.45) is 6.04. The quantitative estimate of drug-likeness (QED) is 0.853. The lowest BCUT2D eigenvalue weighted by molar-refractivity contribution is 0.963. The molecule has 2 aromatic rings. The van der Waals surface area contributed by atoms with Gasteiger partial charge in [-0.3, -0.25) is 9.97 Å². The Morgan fingerprint density at radius 1 is 1.33 bits per heavy atom. The Balaban J connectivity index is 2.14. The van der Waals surface area contributed by atoms with Gasteiger partial charge in [0, 0.05) is 18.9 Å². The normalized spacial score (nSPS) is 10.2. The number of hydrogen-bond acceptors (Lipinski definition) is 6. The van der Waals surface area contributed by atoms with Crippen LogP contribution in [-0.4, -0.2) is 26.7 Å². The van der Waals surface area contributed by atoms with E-state index in [-0.39, 0.29) is 0 Å². The van der Waals surface area contributed by atoms with Gasteiger partial charge in [0.25, 0.3) is 0 Å². The van der Waals surface area contributed by atoms with Gasteiger partial charge in [0.2, 0.25) is 5.13 Å².